The maximum atomic E-state index is 3.61. The predicted octanol–water partition coefficient (Wildman–Crippen LogP) is 2.25. The summed E-state index contributed by atoms with van der Waals surface area (Å²) in [4.78, 5) is 2.76. The quantitative estimate of drug-likeness (QED) is 0.749. The summed E-state index contributed by atoms with van der Waals surface area (Å²) in [7, 11) is 0. The van der Waals surface area contributed by atoms with Crippen molar-refractivity contribution in [3.63, 3.8) is 0 Å². The zero-order valence-corrected chi connectivity index (χ0v) is 10.3. The molecule has 2 heteroatoms. The Hall–Kier alpha value is -0.0800. The highest BCUT2D eigenvalue weighted by atomic mass is 15.2. The third-order valence-corrected chi connectivity index (χ3v) is 4.00. The molecule has 1 saturated heterocycles. The summed E-state index contributed by atoms with van der Waals surface area (Å²) in [6.45, 7) is 8.34. The molecule has 0 radical (unpaired) electrons. The molecule has 88 valence electrons. The molecule has 1 aliphatic heterocycles. The van der Waals surface area contributed by atoms with Gasteiger partial charge in [-0.3, -0.25) is 4.90 Å². The molecule has 2 fully saturated rings. The van der Waals surface area contributed by atoms with Crippen LogP contribution in [0.4, 0.5) is 0 Å². The second-order valence-corrected chi connectivity index (χ2v) is 5.20. The molecule has 0 spiro atoms. The molecule has 1 N–H and O–H groups in total. The van der Waals surface area contributed by atoms with Crippen LogP contribution in [0.25, 0.3) is 0 Å². The zero-order chi connectivity index (χ0) is 10.7. The van der Waals surface area contributed by atoms with Gasteiger partial charge in [0.05, 0.1) is 0 Å². The second-order valence-electron chi connectivity index (χ2n) is 5.20. The molecule has 2 nitrogen and oxygen atoms in total. The maximum Gasteiger partial charge on any atom is 0.0195 e. The van der Waals surface area contributed by atoms with Crippen molar-refractivity contribution in [1.82, 2.24) is 10.2 Å². The third-order valence-electron chi connectivity index (χ3n) is 4.00. The molecule has 1 saturated carbocycles. The number of hydrogen-bond acceptors (Lipinski definition) is 2. The van der Waals surface area contributed by atoms with Crippen molar-refractivity contribution in [2.24, 2.45) is 5.92 Å². The maximum absolute atomic E-state index is 3.61. The first-order valence-corrected chi connectivity index (χ1v) is 6.82. The highest BCUT2D eigenvalue weighted by molar-refractivity contribution is 4.90. The predicted molar refractivity (Wildman–Crippen MR) is 65.1 cm³/mol. The van der Waals surface area contributed by atoms with E-state index in [1.54, 1.807) is 0 Å². The number of likely N-dealkylation sites (tertiary alicyclic amines) is 1. The van der Waals surface area contributed by atoms with E-state index in [4.69, 9.17) is 0 Å². The molecule has 2 unspecified atom stereocenters. The Morgan fingerprint density at radius 3 is 2.67 bits per heavy atom. The van der Waals surface area contributed by atoms with E-state index >= 15 is 0 Å². The van der Waals surface area contributed by atoms with Crippen LogP contribution < -0.4 is 5.32 Å². The van der Waals surface area contributed by atoms with Gasteiger partial charge in [-0.05, 0) is 51.1 Å². The summed E-state index contributed by atoms with van der Waals surface area (Å²) in [5, 5.41) is 3.61. The number of piperidine rings is 1. The molecular weight excluding hydrogens is 184 g/mol. The standard InChI is InChI=1S/C13H26N2/c1-3-13(11-7-8-11)15-9-5-6-12(10-15)14-4-2/h11-14H,3-10H2,1-2H3. The van der Waals surface area contributed by atoms with E-state index in [0.29, 0.717) is 0 Å². The normalized spacial score (nSPS) is 30.4. The van der Waals surface area contributed by atoms with Gasteiger partial charge in [-0.2, -0.15) is 0 Å². The number of hydrogen-bond donors (Lipinski definition) is 1. The van der Waals surface area contributed by atoms with Gasteiger partial charge in [0.25, 0.3) is 0 Å². The molecule has 2 aliphatic rings. The molecule has 0 bridgehead atoms. The number of likely N-dealkylation sites (N-methyl/N-ethyl adjacent to an activating group) is 1. The smallest absolute Gasteiger partial charge is 0.0195 e. The van der Waals surface area contributed by atoms with Crippen LogP contribution in [0.2, 0.25) is 0 Å². The van der Waals surface area contributed by atoms with Gasteiger partial charge in [0.15, 0.2) is 0 Å². The van der Waals surface area contributed by atoms with Crippen LogP contribution in [-0.4, -0.2) is 36.6 Å². The van der Waals surface area contributed by atoms with Crippen LogP contribution in [-0.2, 0) is 0 Å². The molecule has 1 heterocycles. The van der Waals surface area contributed by atoms with Gasteiger partial charge in [-0.15, -0.1) is 0 Å². The Morgan fingerprint density at radius 1 is 1.27 bits per heavy atom. The molecule has 0 aromatic heterocycles. The van der Waals surface area contributed by atoms with Gasteiger partial charge in [-0.1, -0.05) is 13.8 Å². The van der Waals surface area contributed by atoms with E-state index in [1.165, 1.54) is 45.2 Å². The highest BCUT2D eigenvalue weighted by Gasteiger charge is 2.35. The van der Waals surface area contributed by atoms with Gasteiger partial charge in [-0.25, -0.2) is 0 Å². The fourth-order valence-electron chi connectivity index (χ4n) is 3.13. The van der Waals surface area contributed by atoms with Crippen molar-refractivity contribution in [2.75, 3.05) is 19.6 Å². The molecule has 0 aromatic carbocycles. The lowest BCUT2D eigenvalue weighted by Crippen LogP contribution is -2.50. The highest BCUT2D eigenvalue weighted by Crippen LogP contribution is 2.37. The number of nitrogens with zero attached hydrogens (tertiary/aromatic N) is 1. The van der Waals surface area contributed by atoms with Gasteiger partial charge >= 0.3 is 0 Å². The first-order valence-electron chi connectivity index (χ1n) is 6.82. The minimum atomic E-state index is 0.761. The van der Waals surface area contributed by atoms with Gasteiger partial charge in [0.2, 0.25) is 0 Å². The molecule has 0 amide bonds. The summed E-state index contributed by atoms with van der Waals surface area (Å²) in [6.07, 6.45) is 7.09. The van der Waals surface area contributed by atoms with E-state index in [-0.39, 0.29) is 0 Å². The van der Waals surface area contributed by atoms with Crippen molar-refractivity contribution < 1.29 is 0 Å². The summed E-state index contributed by atoms with van der Waals surface area (Å²) in [5.41, 5.74) is 0. The van der Waals surface area contributed by atoms with Crippen LogP contribution in [0.5, 0.6) is 0 Å². The van der Waals surface area contributed by atoms with E-state index in [9.17, 15) is 0 Å². The number of nitrogens with one attached hydrogen (secondary N) is 1. The average Bonchev–Trinajstić information content (AvgIpc) is 3.04. The molecule has 1 aliphatic carbocycles. The van der Waals surface area contributed by atoms with Crippen LogP contribution in [0.3, 0.4) is 0 Å². The fraction of sp³-hybridized carbons (Fsp3) is 1.00. The minimum absolute atomic E-state index is 0.761. The third kappa shape index (κ3) is 2.94. The summed E-state index contributed by atoms with van der Waals surface area (Å²) >= 11 is 0. The Balaban J connectivity index is 1.84. The van der Waals surface area contributed by atoms with Gasteiger partial charge < -0.3 is 5.32 Å². The number of rotatable bonds is 5. The Bertz CT molecular complexity index is 187. The van der Waals surface area contributed by atoms with Crippen LogP contribution in [0.15, 0.2) is 0 Å². The molecular formula is C13H26N2. The second kappa shape index (κ2) is 5.31. The lowest BCUT2D eigenvalue weighted by atomic mass is 10.00. The Kier molecular flexibility index (Phi) is 4.04. The fourth-order valence-corrected chi connectivity index (χ4v) is 3.13. The molecule has 0 aromatic rings. The summed E-state index contributed by atoms with van der Waals surface area (Å²) in [5.74, 6) is 1.04. The van der Waals surface area contributed by atoms with E-state index < -0.39 is 0 Å². The molecule has 15 heavy (non-hydrogen) atoms. The van der Waals surface area contributed by atoms with Crippen molar-refractivity contribution in [1.29, 1.82) is 0 Å². The summed E-state index contributed by atoms with van der Waals surface area (Å²) in [6, 6.07) is 1.66. The minimum Gasteiger partial charge on any atom is -0.313 e. The topological polar surface area (TPSA) is 15.3 Å². The van der Waals surface area contributed by atoms with E-state index in [2.05, 4.69) is 24.1 Å². The van der Waals surface area contributed by atoms with Crippen LogP contribution in [0, 0.1) is 5.92 Å². The molecule has 2 rings (SSSR count). The lowest BCUT2D eigenvalue weighted by molar-refractivity contribution is 0.120. The zero-order valence-electron chi connectivity index (χ0n) is 10.3. The Labute approximate surface area is 94.4 Å². The van der Waals surface area contributed by atoms with Crippen molar-refractivity contribution in [3.8, 4) is 0 Å². The van der Waals surface area contributed by atoms with Crippen LogP contribution in [0.1, 0.15) is 46.0 Å². The first kappa shape index (κ1) is 11.4. The Morgan fingerprint density at radius 2 is 2.07 bits per heavy atom. The average molecular weight is 210 g/mol. The van der Waals surface area contributed by atoms with E-state index in [0.717, 1.165) is 24.5 Å². The lowest BCUT2D eigenvalue weighted by Gasteiger charge is -2.38. The van der Waals surface area contributed by atoms with Gasteiger partial charge in [0, 0.05) is 18.6 Å². The SMILES string of the molecule is CCNC1CCCN(C(CC)C2CC2)C1. The largest absolute Gasteiger partial charge is 0.313 e. The van der Waals surface area contributed by atoms with Gasteiger partial charge in [0.1, 0.15) is 0 Å². The summed E-state index contributed by atoms with van der Waals surface area (Å²) < 4.78 is 0. The van der Waals surface area contributed by atoms with Crippen molar-refractivity contribution in [3.05, 3.63) is 0 Å². The monoisotopic (exact) mass is 210 g/mol. The van der Waals surface area contributed by atoms with Crippen molar-refractivity contribution in [2.45, 2.75) is 58.0 Å². The first-order chi connectivity index (χ1) is 7.35. The van der Waals surface area contributed by atoms with Crippen LogP contribution >= 0.6 is 0 Å². The van der Waals surface area contributed by atoms with Crippen molar-refractivity contribution >= 4 is 0 Å². The molecule has 2 atom stereocenters. The van der Waals surface area contributed by atoms with E-state index in [1.807, 2.05) is 0 Å².